The Morgan fingerprint density at radius 1 is 1.40 bits per heavy atom. The summed E-state index contributed by atoms with van der Waals surface area (Å²) in [6.07, 6.45) is 1.29. The van der Waals surface area contributed by atoms with Crippen LogP contribution in [0, 0.1) is 0 Å². The first-order valence-electron chi connectivity index (χ1n) is 6.25. The molecule has 0 radical (unpaired) electrons. The van der Waals surface area contributed by atoms with Gasteiger partial charge in [-0.15, -0.1) is 0 Å². The van der Waals surface area contributed by atoms with Crippen LogP contribution in [0.25, 0.3) is 0 Å². The van der Waals surface area contributed by atoms with E-state index >= 15 is 0 Å². The summed E-state index contributed by atoms with van der Waals surface area (Å²) in [5.74, 6) is -0.537. The second-order valence-electron chi connectivity index (χ2n) is 4.68. The third kappa shape index (κ3) is 2.49. The largest absolute Gasteiger partial charge is 0.353 e. The van der Waals surface area contributed by atoms with Gasteiger partial charge in [0.15, 0.2) is 0 Å². The van der Waals surface area contributed by atoms with Crippen LogP contribution in [0.2, 0.25) is 0 Å². The summed E-state index contributed by atoms with van der Waals surface area (Å²) in [7, 11) is 1.35. The fourth-order valence-corrected chi connectivity index (χ4v) is 2.10. The SMILES string of the molecule is CC1C(=O)NCCN1C(=O)Cn1ccc(=O)n(C)c1=O. The van der Waals surface area contributed by atoms with Crippen LogP contribution >= 0.6 is 0 Å². The molecule has 8 nitrogen and oxygen atoms in total. The molecule has 1 aliphatic rings. The van der Waals surface area contributed by atoms with Crippen molar-refractivity contribution in [3.05, 3.63) is 33.1 Å². The third-order valence-corrected chi connectivity index (χ3v) is 3.39. The second kappa shape index (κ2) is 5.32. The highest BCUT2D eigenvalue weighted by molar-refractivity contribution is 5.88. The number of hydrogen-bond donors (Lipinski definition) is 1. The summed E-state index contributed by atoms with van der Waals surface area (Å²) in [6, 6.07) is 0.667. The van der Waals surface area contributed by atoms with Gasteiger partial charge in [0.05, 0.1) is 0 Å². The third-order valence-electron chi connectivity index (χ3n) is 3.39. The van der Waals surface area contributed by atoms with E-state index in [0.717, 1.165) is 9.13 Å². The van der Waals surface area contributed by atoms with Crippen molar-refractivity contribution in [2.45, 2.75) is 19.5 Å². The molecule has 1 aromatic rings. The van der Waals surface area contributed by atoms with Crippen LogP contribution in [0.4, 0.5) is 0 Å². The Morgan fingerprint density at radius 3 is 2.80 bits per heavy atom. The lowest BCUT2D eigenvalue weighted by atomic mass is 10.2. The summed E-state index contributed by atoms with van der Waals surface area (Å²) in [6.45, 7) is 2.25. The van der Waals surface area contributed by atoms with Crippen LogP contribution in [0.1, 0.15) is 6.92 Å². The molecule has 2 heterocycles. The molecular weight excluding hydrogens is 264 g/mol. The van der Waals surface area contributed by atoms with Gasteiger partial charge in [0.25, 0.3) is 5.56 Å². The van der Waals surface area contributed by atoms with E-state index in [1.807, 2.05) is 0 Å². The summed E-state index contributed by atoms with van der Waals surface area (Å²) in [5, 5.41) is 2.66. The lowest BCUT2D eigenvalue weighted by Crippen LogP contribution is -2.56. The van der Waals surface area contributed by atoms with E-state index in [1.54, 1.807) is 6.92 Å². The van der Waals surface area contributed by atoms with Crippen molar-refractivity contribution in [1.29, 1.82) is 0 Å². The van der Waals surface area contributed by atoms with Gasteiger partial charge in [0, 0.05) is 32.4 Å². The number of rotatable bonds is 2. The number of amides is 2. The topological polar surface area (TPSA) is 93.4 Å². The van der Waals surface area contributed by atoms with Crippen molar-refractivity contribution < 1.29 is 9.59 Å². The molecule has 0 bridgehead atoms. The predicted octanol–water partition coefficient (Wildman–Crippen LogP) is -2.11. The van der Waals surface area contributed by atoms with Gasteiger partial charge in [-0.05, 0) is 6.92 Å². The maximum Gasteiger partial charge on any atom is 0.331 e. The summed E-state index contributed by atoms with van der Waals surface area (Å²) < 4.78 is 2.09. The fourth-order valence-electron chi connectivity index (χ4n) is 2.10. The van der Waals surface area contributed by atoms with Crippen LogP contribution in [0.5, 0.6) is 0 Å². The van der Waals surface area contributed by atoms with Crippen molar-refractivity contribution >= 4 is 11.8 Å². The van der Waals surface area contributed by atoms with E-state index in [-0.39, 0.29) is 18.4 Å². The average molecular weight is 280 g/mol. The molecule has 1 aromatic heterocycles. The zero-order valence-electron chi connectivity index (χ0n) is 11.3. The van der Waals surface area contributed by atoms with Gasteiger partial charge in [-0.3, -0.25) is 23.5 Å². The molecule has 0 saturated carbocycles. The molecule has 1 aliphatic heterocycles. The molecular formula is C12H16N4O4. The monoisotopic (exact) mass is 280 g/mol. The molecule has 0 aromatic carbocycles. The van der Waals surface area contributed by atoms with E-state index in [4.69, 9.17) is 0 Å². The number of carbonyl (C=O) groups excluding carboxylic acids is 2. The van der Waals surface area contributed by atoms with Gasteiger partial charge in [0.1, 0.15) is 12.6 Å². The number of nitrogens with one attached hydrogen (secondary N) is 1. The Morgan fingerprint density at radius 2 is 2.10 bits per heavy atom. The lowest BCUT2D eigenvalue weighted by Gasteiger charge is -2.32. The first kappa shape index (κ1) is 14.0. The molecule has 2 rings (SSSR count). The number of nitrogens with zero attached hydrogens (tertiary/aromatic N) is 3. The maximum absolute atomic E-state index is 12.2. The number of piperazine rings is 1. The number of hydrogen-bond acceptors (Lipinski definition) is 4. The van der Waals surface area contributed by atoms with E-state index in [9.17, 15) is 19.2 Å². The molecule has 20 heavy (non-hydrogen) atoms. The minimum absolute atomic E-state index is 0.190. The smallest absolute Gasteiger partial charge is 0.331 e. The van der Waals surface area contributed by atoms with Crippen molar-refractivity contribution in [3.8, 4) is 0 Å². The van der Waals surface area contributed by atoms with Crippen molar-refractivity contribution in [2.75, 3.05) is 13.1 Å². The Bertz CT molecular complexity index is 660. The van der Waals surface area contributed by atoms with E-state index in [2.05, 4.69) is 5.32 Å². The van der Waals surface area contributed by atoms with Crippen LogP contribution < -0.4 is 16.6 Å². The Balaban J connectivity index is 2.20. The highest BCUT2D eigenvalue weighted by Crippen LogP contribution is 2.04. The first-order chi connectivity index (χ1) is 9.41. The van der Waals surface area contributed by atoms with Crippen molar-refractivity contribution in [1.82, 2.24) is 19.4 Å². The molecule has 1 atom stereocenters. The zero-order chi connectivity index (χ0) is 14.9. The first-order valence-corrected chi connectivity index (χ1v) is 6.25. The normalized spacial score (nSPS) is 18.8. The Hall–Kier alpha value is -2.38. The molecule has 108 valence electrons. The highest BCUT2D eigenvalue weighted by Gasteiger charge is 2.29. The van der Waals surface area contributed by atoms with Gasteiger partial charge in [0.2, 0.25) is 11.8 Å². The van der Waals surface area contributed by atoms with Crippen LogP contribution in [-0.4, -0.2) is 45.0 Å². The predicted molar refractivity (Wildman–Crippen MR) is 70.1 cm³/mol. The average Bonchev–Trinajstić information content (AvgIpc) is 2.42. The standard InChI is InChI=1S/C12H16N4O4/c1-8-11(19)13-4-6-16(8)10(18)7-15-5-3-9(17)14(2)12(15)20/h3,5,8H,4,6-7H2,1-2H3,(H,13,19). The lowest BCUT2D eigenvalue weighted by molar-refractivity contribution is -0.142. The van der Waals surface area contributed by atoms with Crippen LogP contribution in [0.3, 0.4) is 0 Å². The molecule has 1 unspecified atom stereocenters. The van der Waals surface area contributed by atoms with Gasteiger partial charge in [-0.1, -0.05) is 0 Å². The summed E-state index contributed by atoms with van der Waals surface area (Å²) in [5.41, 5.74) is -0.982. The number of carbonyl (C=O) groups is 2. The fraction of sp³-hybridized carbons (Fsp3) is 0.500. The van der Waals surface area contributed by atoms with Crippen molar-refractivity contribution in [2.24, 2.45) is 7.05 Å². The molecule has 1 saturated heterocycles. The van der Waals surface area contributed by atoms with Gasteiger partial charge >= 0.3 is 5.69 Å². The molecule has 1 fully saturated rings. The molecule has 8 heteroatoms. The molecule has 2 amide bonds. The molecule has 1 N–H and O–H groups in total. The van der Waals surface area contributed by atoms with E-state index in [1.165, 1.54) is 24.2 Å². The maximum atomic E-state index is 12.2. The van der Waals surface area contributed by atoms with Gasteiger partial charge < -0.3 is 10.2 Å². The van der Waals surface area contributed by atoms with Crippen LogP contribution in [-0.2, 0) is 23.2 Å². The highest BCUT2D eigenvalue weighted by atomic mass is 16.2. The van der Waals surface area contributed by atoms with E-state index < -0.39 is 17.3 Å². The van der Waals surface area contributed by atoms with Gasteiger partial charge in [-0.2, -0.15) is 0 Å². The van der Waals surface area contributed by atoms with Gasteiger partial charge in [-0.25, -0.2) is 4.79 Å². The minimum Gasteiger partial charge on any atom is -0.353 e. The molecule has 0 aliphatic carbocycles. The van der Waals surface area contributed by atoms with Crippen LogP contribution in [0.15, 0.2) is 21.9 Å². The summed E-state index contributed by atoms with van der Waals surface area (Å²) >= 11 is 0. The zero-order valence-corrected chi connectivity index (χ0v) is 11.3. The Kier molecular flexibility index (Phi) is 3.73. The van der Waals surface area contributed by atoms with Crippen molar-refractivity contribution in [3.63, 3.8) is 0 Å². The van der Waals surface area contributed by atoms with E-state index in [0.29, 0.717) is 13.1 Å². The summed E-state index contributed by atoms with van der Waals surface area (Å²) in [4.78, 5) is 48.2. The minimum atomic E-state index is -0.556. The Labute approximate surface area is 114 Å². The second-order valence-corrected chi connectivity index (χ2v) is 4.68. The number of aromatic nitrogens is 2. The quantitative estimate of drug-likeness (QED) is 0.671. The molecule has 0 spiro atoms.